The molecular formula is C35H46N4O5. The smallest absolute Gasteiger partial charge is 0.319 e. The van der Waals surface area contributed by atoms with Gasteiger partial charge in [0.15, 0.2) is 11.5 Å². The van der Waals surface area contributed by atoms with Crippen LogP contribution in [0.3, 0.4) is 0 Å². The van der Waals surface area contributed by atoms with E-state index in [1.165, 1.54) is 0 Å². The zero-order valence-electron chi connectivity index (χ0n) is 26.5. The zero-order valence-corrected chi connectivity index (χ0v) is 26.5. The molecule has 1 aliphatic heterocycles. The third kappa shape index (κ3) is 9.13. The lowest BCUT2D eigenvalue weighted by Gasteiger charge is -2.26. The summed E-state index contributed by atoms with van der Waals surface area (Å²) in [6.07, 6.45) is 3.90. The third-order valence-electron chi connectivity index (χ3n) is 7.60. The van der Waals surface area contributed by atoms with Gasteiger partial charge in [-0.2, -0.15) is 0 Å². The van der Waals surface area contributed by atoms with Gasteiger partial charge in [0.2, 0.25) is 0 Å². The number of anilines is 2. The van der Waals surface area contributed by atoms with Gasteiger partial charge in [0.25, 0.3) is 5.91 Å². The molecule has 3 aromatic carbocycles. The van der Waals surface area contributed by atoms with Crippen LogP contribution < -0.4 is 35.1 Å². The van der Waals surface area contributed by atoms with Crippen molar-refractivity contribution in [2.24, 2.45) is 5.92 Å². The van der Waals surface area contributed by atoms with Crippen molar-refractivity contribution in [1.82, 2.24) is 10.6 Å². The Bertz CT molecular complexity index is 1350. The van der Waals surface area contributed by atoms with E-state index in [0.29, 0.717) is 35.0 Å². The van der Waals surface area contributed by atoms with E-state index in [1.54, 1.807) is 30.2 Å². The molecule has 0 unspecified atom stereocenters. The van der Waals surface area contributed by atoms with E-state index in [0.717, 1.165) is 50.2 Å². The number of ether oxygens (including phenoxy) is 3. The summed E-state index contributed by atoms with van der Waals surface area (Å²) >= 11 is 0. The predicted molar refractivity (Wildman–Crippen MR) is 176 cm³/mol. The summed E-state index contributed by atoms with van der Waals surface area (Å²) in [5.74, 6) is 2.57. The quantitative estimate of drug-likeness (QED) is 0.191. The van der Waals surface area contributed by atoms with Crippen LogP contribution in [0, 0.1) is 5.92 Å². The number of nitrogens with zero attached hydrogens (tertiary/aromatic N) is 1. The van der Waals surface area contributed by atoms with Crippen molar-refractivity contribution in [3.05, 3.63) is 72.3 Å². The summed E-state index contributed by atoms with van der Waals surface area (Å²) in [7, 11) is 1.56. The molecule has 1 saturated heterocycles. The number of piperidine rings is 1. The number of benzene rings is 3. The van der Waals surface area contributed by atoms with Crippen LogP contribution in [0.15, 0.2) is 66.7 Å². The molecule has 0 spiro atoms. The fraction of sp³-hybridized carbons (Fsp3) is 0.429. The maximum Gasteiger partial charge on any atom is 0.319 e. The number of hydrogen-bond donors (Lipinski definition) is 3. The van der Waals surface area contributed by atoms with Crippen LogP contribution in [0.1, 0.15) is 63.7 Å². The fourth-order valence-corrected chi connectivity index (χ4v) is 5.10. The van der Waals surface area contributed by atoms with Crippen LogP contribution in [-0.2, 0) is 0 Å². The lowest BCUT2D eigenvalue weighted by atomic mass is 10.1. The first-order valence-corrected chi connectivity index (χ1v) is 15.6. The van der Waals surface area contributed by atoms with E-state index >= 15 is 0 Å². The van der Waals surface area contributed by atoms with Crippen molar-refractivity contribution in [2.75, 3.05) is 37.0 Å². The minimum absolute atomic E-state index is 0.0706. The first-order valence-electron chi connectivity index (χ1n) is 15.6. The monoisotopic (exact) mass is 602 g/mol. The molecule has 0 radical (unpaired) electrons. The van der Waals surface area contributed by atoms with Crippen molar-refractivity contribution in [3.8, 4) is 23.0 Å². The van der Waals surface area contributed by atoms with Crippen molar-refractivity contribution in [2.45, 2.75) is 65.5 Å². The summed E-state index contributed by atoms with van der Waals surface area (Å²) < 4.78 is 17.8. The Morgan fingerprint density at radius 1 is 0.909 bits per heavy atom. The maximum atomic E-state index is 13.6. The third-order valence-corrected chi connectivity index (χ3v) is 7.60. The molecule has 0 bridgehead atoms. The highest BCUT2D eigenvalue weighted by molar-refractivity contribution is 6.06. The molecular weight excluding hydrogens is 556 g/mol. The Morgan fingerprint density at radius 3 is 2.18 bits per heavy atom. The summed E-state index contributed by atoms with van der Waals surface area (Å²) in [5, 5.41) is 9.16. The molecule has 0 saturated carbocycles. The van der Waals surface area contributed by atoms with Gasteiger partial charge in [0.05, 0.1) is 7.11 Å². The van der Waals surface area contributed by atoms with Crippen molar-refractivity contribution < 1.29 is 23.8 Å². The van der Waals surface area contributed by atoms with Crippen LogP contribution in [0.25, 0.3) is 0 Å². The lowest BCUT2D eigenvalue weighted by Crippen LogP contribution is -2.37. The molecule has 0 aromatic heterocycles. The summed E-state index contributed by atoms with van der Waals surface area (Å²) in [4.78, 5) is 27.8. The van der Waals surface area contributed by atoms with Crippen LogP contribution in [0.4, 0.5) is 16.2 Å². The Balaban J connectivity index is 1.43. The van der Waals surface area contributed by atoms with Gasteiger partial charge >= 0.3 is 6.03 Å². The first kappa shape index (κ1) is 32.7. The highest BCUT2D eigenvalue weighted by Gasteiger charge is 2.20. The van der Waals surface area contributed by atoms with Gasteiger partial charge in [-0.05, 0) is 105 Å². The minimum Gasteiger partial charge on any atom is -0.493 e. The Kier molecular flexibility index (Phi) is 11.9. The van der Waals surface area contributed by atoms with E-state index in [2.05, 4.69) is 29.8 Å². The van der Waals surface area contributed by atoms with Crippen molar-refractivity contribution >= 4 is 23.3 Å². The summed E-state index contributed by atoms with van der Waals surface area (Å²) in [6, 6.07) is 20.0. The predicted octanol–water partition coefficient (Wildman–Crippen LogP) is 7.23. The number of carbonyl (C=O) groups excluding carboxylic acids is 2. The Hall–Kier alpha value is -4.24. The number of amides is 3. The van der Waals surface area contributed by atoms with E-state index in [1.807, 2.05) is 62.4 Å². The van der Waals surface area contributed by atoms with Crippen LogP contribution in [0.5, 0.6) is 23.0 Å². The van der Waals surface area contributed by atoms with Gasteiger partial charge in [-0.15, -0.1) is 0 Å². The Labute approximate surface area is 261 Å². The molecule has 0 atom stereocenters. The second-order valence-corrected chi connectivity index (χ2v) is 11.5. The largest absolute Gasteiger partial charge is 0.493 e. The number of urea groups is 1. The van der Waals surface area contributed by atoms with Crippen molar-refractivity contribution in [1.29, 1.82) is 0 Å². The van der Waals surface area contributed by atoms with Crippen LogP contribution in [0.2, 0.25) is 0 Å². The highest BCUT2D eigenvalue weighted by atomic mass is 16.5. The minimum atomic E-state index is -0.257. The second kappa shape index (κ2) is 16.0. The topological polar surface area (TPSA) is 101 Å². The molecule has 236 valence electrons. The molecule has 3 N–H and O–H groups in total. The summed E-state index contributed by atoms with van der Waals surface area (Å²) in [6.45, 7) is 10.8. The normalized spacial score (nSPS) is 13.4. The summed E-state index contributed by atoms with van der Waals surface area (Å²) in [5.41, 5.74) is 1.98. The second-order valence-electron chi connectivity index (χ2n) is 11.5. The maximum absolute atomic E-state index is 13.6. The molecule has 9 nitrogen and oxygen atoms in total. The van der Waals surface area contributed by atoms with E-state index in [9.17, 15) is 9.59 Å². The Morgan fingerprint density at radius 2 is 1.57 bits per heavy atom. The fourth-order valence-electron chi connectivity index (χ4n) is 5.10. The molecule has 1 fully saturated rings. The van der Waals surface area contributed by atoms with Crippen LogP contribution in [-0.4, -0.2) is 50.8 Å². The van der Waals surface area contributed by atoms with Crippen LogP contribution >= 0.6 is 0 Å². The number of hydrogen-bond acceptors (Lipinski definition) is 6. The van der Waals surface area contributed by atoms with Gasteiger partial charge in [-0.3, -0.25) is 4.79 Å². The van der Waals surface area contributed by atoms with Crippen molar-refractivity contribution in [3.63, 3.8) is 0 Å². The number of methoxy groups -OCH3 is 1. The van der Waals surface area contributed by atoms with E-state index < -0.39 is 0 Å². The molecule has 4 rings (SSSR count). The van der Waals surface area contributed by atoms with Gasteiger partial charge < -0.3 is 35.1 Å². The molecule has 0 aliphatic carbocycles. The molecule has 1 aliphatic rings. The molecule has 1 heterocycles. The first-order chi connectivity index (χ1) is 21.3. The van der Waals surface area contributed by atoms with Gasteiger partial charge in [-0.25, -0.2) is 4.79 Å². The standard InChI is InChI=1S/C35H46N4O5/c1-6-26(7-2)37-35(41)38-27-10-17-32(33(22-27)42-5)44-30-15-11-28(12-16-30)39(23-24(3)4)34(40)25-8-13-29(14-9-25)43-31-18-20-36-21-19-31/h8-17,22,24,26,31,36H,6-7,18-21,23H2,1-5H3,(H2,37,38,41). The molecule has 44 heavy (non-hydrogen) atoms. The zero-order chi connectivity index (χ0) is 31.5. The molecule has 9 heteroatoms. The van der Waals surface area contributed by atoms with E-state index in [-0.39, 0.29) is 30.0 Å². The van der Waals surface area contributed by atoms with Gasteiger partial charge in [0.1, 0.15) is 17.6 Å². The number of nitrogens with one attached hydrogen (secondary N) is 3. The average Bonchev–Trinajstić information content (AvgIpc) is 3.04. The number of rotatable bonds is 13. The highest BCUT2D eigenvalue weighted by Crippen LogP contribution is 2.35. The molecule has 3 aromatic rings. The average molecular weight is 603 g/mol. The molecule has 3 amide bonds. The van der Waals surface area contributed by atoms with Gasteiger partial charge in [-0.1, -0.05) is 27.7 Å². The van der Waals surface area contributed by atoms with Gasteiger partial charge in [0, 0.05) is 35.6 Å². The lowest BCUT2D eigenvalue weighted by molar-refractivity contribution is 0.0983. The number of carbonyl (C=O) groups is 2. The SMILES string of the molecule is CCC(CC)NC(=O)Nc1ccc(Oc2ccc(N(CC(C)C)C(=O)c3ccc(OC4CCNCC4)cc3)cc2)c(OC)c1. The van der Waals surface area contributed by atoms with E-state index in [4.69, 9.17) is 14.2 Å².